The highest BCUT2D eigenvalue weighted by Gasteiger charge is 2.21. The molecule has 0 unspecified atom stereocenters. The Morgan fingerprint density at radius 2 is 1.52 bits per heavy atom. The van der Waals surface area contributed by atoms with E-state index in [0.29, 0.717) is 17.2 Å². The van der Waals surface area contributed by atoms with Crippen LogP contribution in [0.15, 0.2) is 91.1 Å². The number of rotatable bonds is 3. The van der Waals surface area contributed by atoms with Crippen LogP contribution in [0, 0.1) is 0 Å². The minimum Gasteiger partial charge on any atom is -0.397 e. The van der Waals surface area contributed by atoms with Crippen LogP contribution in [0.25, 0.3) is 50.4 Å². The molecule has 0 radical (unpaired) electrons. The van der Waals surface area contributed by atoms with Crippen molar-refractivity contribution in [2.75, 3.05) is 5.73 Å². The first-order chi connectivity index (χ1) is 15.3. The van der Waals surface area contributed by atoms with Gasteiger partial charge in [-0.3, -0.25) is 0 Å². The molecule has 3 N–H and O–H groups in total. The summed E-state index contributed by atoms with van der Waals surface area (Å²) in [6.07, 6.45) is 1.77. The second-order valence-electron chi connectivity index (χ2n) is 7.35. The number of aromatic nitrogens is 5. The molecule has 0 aliphatic rings. The molecule has 6 rings (SSSR count). The van der Waals surface area contributed by atoms with Gasteiger partial charge in [0, 0.05) is 11.8 Å². The van der Waals surface area contributed by atoms with Crippen molar-refractivity contribution in [2.45, 2.75) is 0 Å². The number of hydrogen-bond donors (Lipinski definition) is 2. The lowest BCUT2D eigenvalue weighted by Crippen LogP contribution is -1.99. The summed E-state index contributed by atoms with van der Waals surface area (Å²) in [6, 6.07) is 27.9. The van der Waals surface area contributed by atoms with Crippen molar-refractivity contribution in [1.29, 1.82) is 0 Å². The van der Waals surface area contributed by atoms with Crippen LogP contribution < -0.4 is 5.73 Å². The molecule has 0 fully saturated rings. The Kier molecular flexibility index (Phi) is 3.83. The normalized spacial score (nSPS) is 11.4. The van der Waals surface area contributed by atoms with Crippen molar-refractivity contribution in [3.8, 4) is 28.3 Å². The summed E-state index contributed by atoms with van der Waals surface area (Å²) in [5, 5.41) is 5.72. The van der Waals surface area contributed by atoms with Crippen molar-refractivity contribution >= 4 is 27.8 Å². The number of aromatic amines is 1. The quantitative estimate of drug-likeness (QED) is 0.425. The number of fused-ring (bicyclic) bond motifs is 2. The molecule has 3 aromatic carbocycles. The zero-order valence-electron chi connectivity index (χ0n) is 16.5. The number of nitrogens with two attached hydrogens (primary N) is 1. The SMILES string of the molecule is Nc1c(-c2nc3ccccc3[nH]2)cnc2c1c(-c1ccccc1)nn2-c1ccccc1. The Morgan fingerprint density at radius 3 is 2.29 bits per heavy atom. The van der Waals surface area contributed by atoms with E-state index in [9.17, 15) is 0 Å². The third kappa shape index (κ3) is 2.77. The number of nitrogens with one attached hydrogen (secondary N) is 1. The monoisotopic (exact) mass is 402 g/mol. The van der Waals surface area contributed by atoms with Gasteiger partial charge in [-0.25, -0.2) is 14.6 Å². The topological polar surface area (TPSA) is 85.4 Å². The standard InChI is InChI=1S/C25H18N6/c26-22-18(24-28-19-13-7-8-14-20(19)29-24)15-27-25-21(22)23(16-9-3-1-4-10-16)30-31(25)17-11-5-2-6-12-17/h1-15H,(H2,26,27)(H,28,29). The van der Waals surface area contributed by atoms with Gasteiger partial charge >= 0.3 is 0 Å². The Balaban J connectivity index is 1.65. The molecule has 0 aliphatic heterocycles. The van der Waals surface area contributed by atoms with Crippen LogP contribution in [-0.4, -0.2) is 24.7 Å². The minimum absolute atomic E-state index is 0.602. The summed E-state index contributed by atoms with van der Waals surface area (Å²) in [4.78, 5) is 12.8. The maximum Gasteiger partial charge on any atom is 0.165 e. The molecule has 148 valence electrons. The highest BCUT2D eigenvalue weighted by molar-refractivity contribution is 6.05. The molecule has 6 aromatic rings. The van der Waals surface area contributed by atoms with E-state index in [2.05, 4.69) is 4.98 Å². The molecule has 3 heterocycles. The smallest absolute Gasteiger partial charge is 0.165 e. The number of nitrogen functional groups attached to an aromatic ring is 1. The predicted molar refractivity (Wildman–Crippen MR) is 124 cm³/mol. The molecular formula is C25H18N6. The zero-order chi connectivity index (χ0) is 20.8. The van der Waals surface area contributed by atoms with Crippen LogP contribution in [0.1, 0.15) is 0 Å². The fourth-order valence-corrected chi connectivity index (χ4v) is 3.92. The summed E-state index contributed by atoms with van der Waals surface area (Å²) in [5.74, 6) is 0.694. The zero-order valence-corrected chi connectivity index (χ0v) is 16.5. The molecule has 0 atom stereocenters. The van der Waals surface area contributed by atoms with Gasteiger partial charge in [0.2, 0.25) is 0 Å². The van der Waals surface area contributed by atoms with Crippen LogP contribution in [0.3, 0.4) is 0 Å². The first-order valence-electron chi connectivity index (χ1n) is 10.0. The number of pyridine rings is 1. The molecule has 0 saturated heterocycles. The van der Waals surface area contributed by atoms with Gasteiger partial charge in [0.05, 0.1) is 33.4 Å². The lowest BCUT2D eigenvalue weighted by atomic mass is 10.1. The second-order valence-corrected chi connectivity index (χ2v) is 7.35. The lowest BCUT2D eigenvalue weighted by molar-refractivity contribution is 0.901. The van der Waals surface area contributed by atoms with Crippen molar-refractivity contribution in [3.05, 3.63) is 91.1 Å². The fourth-order valence-electron chi connectivity index (χ4n) is 3.92. The van der Waals surface area contributed by atoms with Crippen molar-refractivity contribution in [2.24, 2.45) is 0 Å². The van der Waals surface area contributed by atoms with Gasteiger partial charge in [-0.1, -0.05) is 60.7 Å². The maximum absolute atomic E-state index is 6.75. The fraction of sp³-hybridized carbons (Fsp3) is 0. The van der Waals surface area contributed by atoms with Crippen LogP contribution in [0.5, 0.6) is 0 Å². The third-order valence-electron chi connectivity index (χ3n) is 5.43. The number of para-hydroxylation sites is 3. The van der Waals surface area contributed by atoms with E-state index < -0.39 is 0 Å². The van der Waals surface area contributed by atoms with E-state index in [1.165, 1.54) is 0 Å². The summed E-state index contributed by atoms with van der Waals surface area (Å²) >= 11 is 0. The number of imidazole rings is 1. The van der Waals surface area contributed by atoms with E-state index in [0.717, 1.165) is 38.9 Å². The minimum atomic E-state index is 0.602. The Morgan fingerprint density at radius 1 is 0.806 bits per heavy atom. The van der Waals surface area contributed by atoms with Gasteiger partial charge in [0.15, 0.2) is 5.65 Å². The molecule has 31 heavy (non-hydrogen) atoms. The average molecular weight is 402 g/mol. The lowest BCUT2D eigenvalue weighted by Gasteiger charge is -2.06. The van der Waals surface area contributed by atoms with Crippen molar-refractivity contribution in [3.63, 3.8) is 0 Å². The Bertz CT molecular complexity index is 1500. The Labute approximate surface area is 178 Å². The van der Waals surface area contributed by atoms with E-state index in [4.69, 9.17) is 20.8 Å². The highest BCUT2D eigenvalue weighted by atomic mass is 15.3. The van der Waals surface area contributed by atoms with E-state index >= 15 is 0 Å². The number of benzene rings is 3. The van der Waals surface area contributed by atoms with E-state index in [1.54, 1.807) is 6.20 Å². The van der Waals surface area contributed by atoms with E-state index in [-0.39, 0.29) is 0 Å². The number of nitrogens with zero attached hydrogens (tertiary/aromatic N) is 4. The summed E-state index contributed by atoms with van der Waals surface area (Å²) in [7, 11) is 0. The molecule has 0 amide bonds. The van der Waals surface area contributed by atoms with Gasteiger partial charge < -0.3 is 10.7 Å². The number of H-pyrrole nitrogens is 1. The van der Waals surface area contributed by atoms with Gasteiger partial charge in [0.1, 0.15) is 11.5 Å². The largest absolute Gasteiger partial charge is 0.397 e. The molecule has 0 bridgehead atoms. The number of anilines is 1. The first kappa shape index (κ1) is 17.4. The summed E-state index contributed by atoms with van der Waals surface area (Å²) in [6.45, 7) is 0. The van der Waals surface area contributed by atoms with Crippen molar-refractivity contribution < 1.29 is 0 Å². The maximum atomic E-state index is 6.75. The van der Waals surface area contributed by atoms with Gasteiger partial charge in [-0.2, -0.15) is 5.10 Å². The van der Waals surface area contributed by atoms with Crippen molar-refractivity contribution in [1.82, 2.24) is 24.7 Å². The van der Waals surface area contributed by atoms with Crippen LogP contribution >= 0.6 is 0 Å². The molecule has 6 heteroatoms. The average Bonchev–Trinajstić information content (AvgIpc) is 3.43. The summed E-state index contributed by atoms with van der Waals surface area (Å²) < 4.78 is 1.84. The van der Waals surface area contributed by atoms with Gasteiger partial charge in [0.25, 0.3) is 0 Å². The van der Waals surface area contributed by atoms with Crippen LogP contribution in [-0.2, 0) is 0 Å². The molecule has 0 saturated carbocycles. The molecular weight excluding hydrogens is 384 g/mol. The van der Waals surface area contributed by atoms with Crippen LogP contribution in [0.4, 0.5) is 5.69 Å². The van der Waals surface area contributed by atoms with Crippen LogP contribution in [0.2, 0.25) is 0 Å². The Hall–Kier alpha value is -4.45. The number of hydrogen-bond acceptors (Lipinski definition) is 4. The first-order valence-corrected chi connectivity index (χ1v) is 10.0. The van der Waals surface area contributed by atoms with Gasteiger partial charge in [-0.05, 0) is 24.3 Å². The highest BCUT2D eigenvalue weighted by Crippen LogP contribution is 2.37. The van der Waals surface area contributed by atoms with E-state index in [1.807, 2.05) is 89.6 Å². The molecule has 6 nitrogen and oxygen atoms in total. The summed E-state index contributed by atoms with van der Waals surface area (Å²) in [5.41, 5.74) is 13.4. The predicted octanol–water partition coefficient (Wildman–Crippen LogP) is 5.21. The second kappa shape index (κ2) is 6.81. The van der Waals surface area contributed by atoms with Gasteiger partial charge in [-0.15, -0.1) is 0 Å². The molecule has 3 aromatic heterocycles. The third-order valence-corrected chi connectivity index (χ3v) is 5.43. The molecule has 0 aliphatic carbocycles. The molecule has 0 spiro atoms.